The van der Waals surface area contributed by atoms with Crippen molar-refractivity contribution in [2.75, 3.05) is 0 Å². The number of aryl methyl sites for hydroxylation is 1. The summed E-state index contributed by atoms with van der Waals surface area (Å²) in [6.45, 7) is 3.97. The highest BCUT2D eigenvalue weighted by Crippen LogP contribution is 2.11. The van der Waals surface area contributed by atoms with E-state index < -0.39 is 0 Å². The molecule has 1 N–H and O–H groups in total. The molecule has 0 bridgehead atoms. The molecule has 3 nitrogen and oxygen atoms in total. The Labute approximate surface area is 79.4 Å². The zero-order valence-corrected chi connectivity index (χ0v) is 8.57. The minimum atomic E-state index is -0.210. The second-order valence-electron chi connectivity index (χ2n) is 3.87. The standard InChI is InChI=1S/C10H18N2O/c1-8(6-9(2)13)7-10-4-5-12(3)11-10/h4-5,8-9,13H,6-7H2,1-3H3. The van der Waals surface area contributed by atoms with E-state index in [1.54, 1.807) is 0 Å². The van der Waals surface area contributed by atoms with Crippen molar-refractivity contribution >= 4 is 0 Å². The lowest BCUT2D eigenvalue weighted by Gasteiger charge is -2.11. The van der Waals surface area contributed by atoms with Crippen LogP contribution in [0, 0.1) is 5.92 Å². The van der Waals surface area contributed by atoms with E-state index in [1.165, 1.54) is 0 Å². The first-order valence-electron chi connectivity index (χ1n) is 4.74. The van der Waals surface area contributed by atoms with Gasteiger partial charge in [-0.15, -0.1) is 0 Å². The van der Waals surface area contributed by atoms with Crippen molar-refractivity contribution in [3.63, 3.8) is 0 Å². The molecule has 0 radical (unpaired) electrons. The Balaban J connectivity index is 2.40. The molecule has 0 fully saturated rings. The maximum atomic E-state index is 9.18. The van der Waals surface area contributed by atoms with E-state index in [0.717, 1.165) is 18.5 Å². The van der Waals surface area contributed by atoms with Gasteiger partial charge in [-0.25, -0.2) is 0 Å². The van der Waals surface area contributed by atoms with E-state index in [2.05, 4.69) is 12.0 Å². The fraction of sp³-hybridized carbons (Fsp3) is 0.700. The van der Waals surface area contributed by atoms with Gasteiger partial charge < -0.3 is 5.11 Å². The van der Waals surface area contributed by atoms with E-state index >= 15 is 0 Å². The number of nitrogens with zero attached hydrogens (tertiary/aromatic N) is 2. The van der Waals surface area contributed by atoms with Crippen LogP contribution in [0.1, 0.15) is 26.0 Å². The van der Waals surface area contributed by atoms with Gasteiger partial charge in [0.05, 0.1) is 11.8 Å². The molecule has 0 aliphatic heterocycles. The zero-order chi connectivity index (χ0) is 9.84. The first-order valence-corrected chi connectivity index (χ1v) is 4.74. The maximum absolute atomic E-state index is 9.18. The van der Waals surface area contributed by atoms with E-state index in [0.29, 0.717) is 5.92 Å². The van der Waals surface area contributed by atoms with E-state index in [1.807, 2.05) is 30.9 Å². The van der Waals surface area contributed by atoms with Crippen LogP contribution in [0.5, 0.6) is 0 Å². The summed E-state index contributed by atoms with van der Waals surface area (Å²) in [5.41, 5.74) is 1.11. The fourth-order valence-electron chi connectivity index (χ4n) is 1.59. The van der Waals surface area contributed by atoms with Gasteiger partial charge in [-0.1, -0.05) is 6.92 Å². The van der Waals surface area contributed by atoms with Crippen LogP contribution >= 0.6 is 0 Å². The van der Waals surface area contributed by atoms with Gasteiger partial charge in [0.2, 0.25) is 0 Å². The van der Waals surface area contributed by atoms with Gasteiger partial charge in [0.1, 0.15) is 0 Å². The Morgan fingerprint density at radius 3 is 2.69 bits per heavy atom. The average Bonchev–Trinajstić information content (AvgIpc) is 2.33. The molecule has 1 aromatic rings. The van der Waals surface area contributed by atoms with Crippen molar-refractivity contribution in [1.29, 1.82) is 0 Å². The minimum Gasteiger partial charge on any atom is -0.393 e. The highest BCUT2D eigenvalue weighted by Gasteiger charge is 2.08. The Hall–Kier alpha value is -0.830. The second-order valence-corrected chi connectivity index (χ2v) is 3.87. The molecule has 0 aliphatic rings. The Morgan fingerprint density at radius 1 is 1.54 bits per heavy atom. The molecule has 1 rings (SSSR count). The molecule has 2 unspecified atom stereocenters. The number of aromatic nitrogens is 2. The molecule has 74 valence electrons. The van der Waals surface area contributed by atoms with Gasteiger partial charge in [-0.05, 0) is 31.7 Å². The summed E-state index contributed by atoms with van der Waals surface area (Å²) in [4.78, 5) is 0. The van der Waals surface area contributed by atoms with Crippen LogP contribution in [0.25, 0.3) is 0 Å². The monoisotopic (exact) mass is 182 g/mol. The number of rotatable bonds is 4. The van der Waals surface area contributed by atoms with Crippen molar-refractivity contribution in [3.8, 4) is 0 Å². The number of aliphatic hydroxyl groups excluding tert-OH is 1. The Bertz CT molecular complexity index is 255. The van der Waals surface area contributed by atoms with Crippen LogP contribution in [0.4, 0.5) is 0 Å². The van der Waals surface area contributed by atoms with Crippen LogP contribution in [-0.4, -0.2) is 21.0 Å². The number of hydrogen-bond acceptors (Lipinski definition) is 2. The quantitative estimate of drug-likeness (QED) is 0.763. The molecule has 1 aromatic heterocycles. The molecule has 0 amide bonds. The third-order valence-electron chi connectivity index (χ3n) is 2.07. The average molecular weight is 182 g/mol. The van der Waals surface area contributed by atoms with Gasteiger partial charge in [0, 0.05) is 13.2 Å². The summed E-state index contributed by atoms with van der Waals surface area (Å²) < 4.78 is 1.81. The topological polar surface area (TPSA) is 38.0 Å². The van der Waals surface area contributed by atoms with Crippen molar-refractivity contribution in [1.82, 2.24) is 9.78 Å². The summed E-state index contributed by atoms with van der Waals surface area (Å²) in [5.74, 6) is 0.495. The van der Waals surface area contributed by atoms with Crippen molar-refractivity contribution in [2.45, 2.75) is 32.8 Å². The van der Waals surface area contributed by atoms with Gasteiger partial charge in [0.15, 0.2) is 0 Å². The van der Waals surface area contributed by atoms with Gasteiger partial charge >= 0.3 is 0 Å². The fourth-order valence-corrected chi connectivity index (χ4v) is 1.59. The van der Waals surface area contributed by atoms with Crippen LogP contribution < -0.4 is 0 Å². The minimum absolute atomic E-state index is 0.210. The molecule has 0 saturated heterocycles. The molecular weight excluding hydrogens is 164 g/mol. The predicted molar refractivity (Wildman–Crippen MR) is 52.4 cm³/mol. The molecule has 0 saturated carbocycles. The van der Waals surface area contributed by atoms with Crippen molar-refractivity contribution in [3.05, 3.63) is 18.0 Å². The van der Waals surface area contributed by atoms with Crippen LogP contribution in [-0.2, 0) is 13.5 Å². The normalized spacial score (nSPS) is 15.7. The second kappa shape index (κ2) is 4.42. The van der Waals surface area contributed by atoms with Crippen molar-refractivity contribution in [2.24, 2.45) is 13.0 Å². The van der Waals surface area contributed by atoms with Crippen molar-refractivity contribution < 1.29 is 5.11 Å². The summed E-state index contributed by atoms with van der Waals surface area (Å²) in [6.07, 6.45) is 3.53. The lowest BCUT2D eigenvalue weighted by molar-refractivity contribution is 0.164. The molecule has 1 heterocycles. The number of aliphatic hydroxyl groups is 1. The molecular formula is C10H18N2O. The van der Waals surface area contributed by atoms with E-state index in [-0.39, 0.29) is 6.10 Å². The SMILES string of the molecule is CC(O)CC(C)Cc1ccn(C)n1. The molecule has 0 spiro atoms. The lowest BCUT2D eigenvalue weighted by Crippen LogP contribution is -2.09. The van der Waals surface area contributed by atoms with Gasteiger partial charge in [-0.2, -0.15) is 5.10 Å². The molecule has 0 aromatic carbocycles. The highest BCUT2D eigenvalue weighted by atomic mass is 16.3. The highest BCUT2D eigenvalue weighted by molar-refractivity contribution is 4.99. The third kappa shape index (κ3) is 3.59. The Kier molecular flexibility index (Phi) is 3.48. The zero-order valence-electron chi connectivity index (χ0n) is 8.57. The van der Waals surface area contributed by atoms with Gasteiger partial charge in [0.25, 0.3) is 0 Å². The summed E-state index contributed by atoms with van der Waals surface area (Å²) in [6, 6.07) is 2.03. The molecule has 2 atom stereocenters. The predicted octanol–water partition coefficient (Wildman–Crippen LogP) is 1.37. The van der Waals surface area contributed by atoms with E-state index in [9.17, 15) is 5.11 Å². The smallest absolute Gasteiger partial charge is 0.0627 e. The third-order valence-corrected chi connectivity index (χ3v) is 2.07. The van der Waals surface area contributed by atoms with Crippen LogP contribution in [0.3, 0.4) is 0 Å². The molecule has 0 aliphatic carbocycles. The Morgan fingerprint density at radius 2 is 2.23 bits per heavy atom. The van der Waals surface area contributed by atoms with Crippen LogP contribution in [0.2, 0.25) is 0 Å². The maximum Gasteiger partial charge on any atom is 0.0627 e. The first-order chi connectivity index (χ1) is 6.08. The largest absolute Gasteiger partial charge is 0.393 e. The summed E-state index contributed by atoms with van der Waals surface area (Å²) in [7, 11) is 1.92. The number of hydrogen-bond donors (Lipinski definition) is 1. The lowest BCUT2D eigenvalue weighted by atomic mass is 9.99. The van der Waals surface area contributed by atoms with Gasteiger partial charge in [-0.3, -0.25) is 4.68 Å². The van der Waals surface area contributed by atoms with E-state index in [4.69, 9.17) is 0 Å². The molecule has 3 heteroatoms. The summed E-state index contributed by atoms with van der Waals surface area (Å²) >= 11 is 0. The molecule has 13 heavy (non-hydrogen) atoms. The first kappa shape index (κ1) is 10.3. The summed E-state index contributed by atoms with van der Waals surface area (Å²) in [5, 5.41) is 13.5. The van der Waals surface area contributed by atoms with Crippen LogP contribution in [0.15, 0.2) is 12.3 Å².